The van der Waals surface area contributed by atoms with Crippen molar-refractivity contribution < 1.29 is 9.59 Å². The van der Waals surface area contributed by atoms with Gasteiger partial charge in [-0.05, 0) is 33.1 Å². The third-order valence-electron chi connectivity index (χ3n) is 2.05. The van der Waals surface area contributed by atoms with Crippen molar-refractivity contribution in [3.8, 4) is 0 Å². The van der Waals surface area contributed by atoms with E-state index in [1.165, 1.54) is 0 Å². The van der Waals surface area contributed by atoms with Gasteiger partial charge in [-0.2, -0.15) is 0 Å². The van der Waals surface area contributed by atoms with E-state index >= 15 is 0 Å². The van der Waals surface area contributed by atoms with E-state index in [1.54, 1.807) is 0 Å². The molecule has 0 heterocycles. The number of amides is 4. The van der Waals surface area contributed by atoms with Crippen LogP contribution >= 0.6 is 0 Å². The van der Waals surface area contributed by atoms with Crippen LogP contribution in [0.3, 0.4) is 0 Å². The molecule has 2 unspecified atom stereocenters. The van der Waals surface area contributed by atoms with E-state index in [-0.39, 0.29) is 12.1 Å². The fourth-order valence-corrected chi connectivity index (χ4v) is 1.36. The van der Waals surface area contributed by atoms with Crippen LogP contribution in [-0.4, -0.2) is 24.1 Å². The third-order valence-corrected chi connectivity index (χ3v) is 2.05. The second-order valence-electron chi connectivity index (χ2n) is 3.75. The average molecular weight is 216 g/mol. The van der Waals surface area contributed by atoms with E-state index in [2.05, 4.69) is 10.6 Å². The molecule has 15 heavy (non-hydrogen) atoms. The van der Waals surface area contributed by atoms with E-state index in [0.717, 1.165) is 19.3 Å². The predicted molar refractivity (Wildman–Crippen MR) is 58.2 cm³/mol. The summed E-state index contributed by atoms with van der Waals surface area (Å²) in [5.74, 6) is 0. The van der Waals surface area contributed by atoms with E-state index in [4.69, 9.17) is 11.5 Å². The van der Waals surface area contributed by atoms with Gasteiger partial charge in [0.1, 0.15) is 0 Å². The Hall–Kier alpha value is -1.46. The van der Waals surface area contributed by atoms with Gasteiger partial charge in [0.25, 0.3) is 0 Å². The lowest BCUT2D eigenvalue weighted by Crippen LogP contribution is -2.38. The summed E-state index contributed by atoms with van der Waals surface area (Å²) in [5.41, 5.74) is 9.93. The van der Waals surface area contributed by atoms with Gasteiger partial charge in [-0.15, -0.1) is 0 Å². The Morgan fingerprint density at radius 1 is 1.00 bits per heavy atom. The summed E-state index contributed by atoms with van der Waals surface area (Å²) in [6, 6.07) is -0.900. The first-order valence-corrected chi connectivity index (χ1v) is 5.03. The number of primary amides is 2. The quantitative estimate of drug-likeness (QED) is 0.511. The molecule has 0 saturated carbocycles. The highest BCUT2D eigenvalue weighted by Gasteiger charge is 2.06. The van der Waals surface area contributed by atoms with Crippen molar-refractivity contribution in [2.75, 3.05) is 0 Å². The van der Waals surface area contributed by atoms with Crippen LogP contribution in [0, 0.1) is 0 Å². The van der Waals surface area contributed by atoms with Gasteiger partial charge in [0.15, 0.2) is 0 Å². The molecule has 2 atom stereocenters. The van der Waals surface area contributed by atoms with Gasteiger partial charge in [-0.1, -0.05) is 0 Å². The molecule has 0 aliphatic carbocycles. The van der Waals surface area contributed by atoms with Crippen molar-refractivity contribution in [3.05, 3.63) is 0 Å². The van der Waals surface area contributed by atoms with Crippen molar-refractivity contribution >= 4 is 12.1 Å². The van der Waals surface area contributed by atoms with Gasteiger partial charge in [0.2, 0.25) is 0 Å². The highest BCUT2D eigenvalue weighted by Crippen LogP contribution is 2.03. The van der Waals surface area contributed by atoms with Crippen LogP contribution in [0.4, 0.5) is 9.59 Å². The largest absolute Gasteiger partial charge is 0.352 e. The summed E-state index contributed by atoms with van der Waals surface area (Å²) >= 11 is 0. The molecule has 0 bridgehead atoms. The molecule has 0 spiro atoms. The number of nitrogens with one attached hydrogen (secondary N) is 2. The molecule has 6 heteroatoms. The standard InChI is InChI=1S/C9H20N4O2/c1-6(12-8(10)14)4-3-5-7(2)13-9(11)15/h6-7H,3-5H2,1-2H3,(H3,10,12,14)(H3,11,13,15). The molecule has 88 valence electrons. The smallest absolute Gasteiger partial charge is 0.312 e. The van der Waals surface area contributed by atoms with Crippen LogP contribution in [0.15, 0.2) is 0 Å². The Kier molecular flexibility index (Phi) is 6.24. The molecule has 0 aliphatic heterocycles. The molecule has 0 fully saturated rings. The fourth-order valence-electron chi connectivity index (χ4n) is 1.36. The maximum Gasteiger partial charge on any atom is 0.312 e. The van der Waals surface area contributed by atoms with Crippen LogP contribution in [0.5, 0.6) is 0 Å². The van der Waals surface area contributed by atoms with E-state index < -0.39 is 12.1 Å². The number of rotatable bonds is 6. The first-order valence-electron chi connectivity index (χ1n) is 5.03. The molecule has 6 nitrogen and oxygen atoms in total. The van der Waals surface area contributed by atoms with Gasteiger partial charge in [0, 0.05) is 12.1 Å². The van der Waals surface area contributed by atoms with Crippen LogP contribution in [-0.2, 0) is 0 Å². The van der Waals surface area contributed by atoms with Crippen LogP contribution in [0.25, 0.3) is 0 Å². The SMILES string of the molecule is CC(CCCC(C)NC(N)=O)NC(N)=O. The minimum absolute atomic E-state index is 0.0586. The molecule has 0 aromatic carbocycles. The summed E-state index contributed by atoms with van der Waals surface area (Å²) in [4.78, 5) is 21.0. The van der Waals surface area contributed by atoms with Crippen molar-refractivity contribution in [3.63, 3.8) is 0 Å². The Morgan fingerprint density at radius 2 is 1.33 bits per heavy atom. The van der Waals surface area contributed by atoms with Crippen LogP contribution in [0.1, 0.15) is 33.1 Å². The molecule has 0 aromatic heterocycles. The number of hydrogen-bond donors (Lipinski definition) is 4. The van der Waals surface area contributed by atoms with Crippen LogP contribution in [0.2, 0.25) is 0 Å². The van der Waals surface area contributed by atoms with Gasteiger partial charge in [-0.25, -0.2) is 9.59 Å². The fraction of sp³-hybridized carbons (Fsp3) is 0.778. The molecule has 0 aliphatic rings. The van der Waals surface area contributed by atoms with E-state index in [9.17, 15) is 9.59 Å². The summed E-state index contributed by atoms with van der Waals surface area (Å²) < 4.78 is 0. The van der Waals surface area contributed by atoms with Gasteiger partial charge < -0.3 is 22.1 Å². The molecule has 0 radical (unpaired) electrons. The minimum Gasteiger partial charge on any atom is -0.352 e. The van der Waals surface area contributed by atoms with Crippen molar-refractivity contribution in [1.29, 1.82) is 0 Å². The number of hydrogen-bond acceptors (Lipinski definition) is 2. The van der Waals surface area contributed by atoms with Crippen LogP contribution < -0.4 is 22.1 Å². The maximum atomic E-state index is 10.5. The topological polar surface area (TPSA) is 110 Å². The Bertz CT molecular complexity index is 198. The second-order valence-corrected chi connectivity index (χ2v) is 3.75. The molecule has 0 saturated heterocycles. The lowest BCUT2D eigenvalue weighted by atomic mass is 10.1. The summed E-state index contributed by atoms with van der Waals surface area (Å²) in [6.45, 7) is 3.77. The number of carbonyl (C=O) groups is 2. The molecule has 6 N–H and O–H groups in total. The highest BCUT2D eigenvalue weighted by molar-refractivity contribution is 5.72. The maximum absolute atomic E-state index is 10.5. The lowest BCUT2D eigenvalue weighted by Gasteiger charge is -2.14. The highest BCUT2D eigenvalue weighted by atomic mass is 16.2. The minimum atomic E-state index is -0.509. The first-order chi connectivity index (χ1) is 6.91. The number of nitrogens with two attached hydrogens (primary N) is 2. The lowest BCUT2D eigenvalue weighted by molar-refractivity contribution is 0.244. The van der Waals surface area contributed by atoms with Crippen molar-refractivity contribution in [2.24, 2.45) is 11.5 Å². The Morgan fingerprint density at radius 3 is 1.60 bits per heavy atom. The normalized spacial score (nSPS) is 14.0. The second kappa shape index (κ2) is 6.92. The summed E-state index contributed by atoms with van der Waals surface area (Å²) in [7, 11) is 0. The average Bonchev–Trinajstić information content (AvgIpc) is 2.00. The first kappa shape index (κ1) is 13.5. The number of carbonyl (C=O) groups excluding carboxylic acids is 2. The monoisotopic (exact) mass is 216 g/mol. The van der Waals surface area contributed by atoms with Crippen molar-refractivity contribution in [2.45, 2.75) is 45.2 Å². The van der Waals surface area contributed by atoms with Gasteiger partial charge in [0.05, 0.1) is 0 Å². The molecule has 0 aromatic rings. The Labute approximate surface area is 89.8 Å². The zero-order chi connectivity index (χ0) is 11.8. The predicted octanol–water partition coefficient (Wildman–Crippen LogP) is 0.270. The molecule has 4 amide bonds. The zero-order valence-corrected chi connectivity index (χ0v) is 9.25. The van der Waals surface area contributed by atoms with E-state index in [1.807, 2.05) is 13.8 Å². The molecule has 0 rings (SSSR count). The molecular weight excluding hydrogens is 196 g/mol. The molecular formula is C9H20N4O2. The zero-order valence-electron chi connectivity index (χ0n) is 9.25. The third kappa shape index (κ3) is 8.86. The summed E-state index contributed by atoms with van der Waals surface area (Å²) in [5, 5.41) is 5.17. The van der Waals surface area contributed by atoms with Gasteiger partial charge >= 0.3 is 12.1 Å². The van der Waals surface area contributed by atoms with Crippen molar-refractivity contribution in [1.82, 2.24) is 10.6 Å². The van der Waals surface area contributed by atoms with Gasteiger partial charge in [-0.3, -0.25) is 0 Å². The summed E-state index contributed by atoms with van der Waals surface area (Å²) in [6.07, 6.45) is 2.55. The van der Waals surface area contributed by atoms with E-state index in [0.29, 0.717) is 0 Å². The number of urea groups is 2. The Balaban J connectivity index is 3.52.